The normalized spacial score (nSPS) is 20.0. The molecule has 4 heteroatoms. The Balaban J connectivity index is 2.12. The summed E-state index contributed by atoms with van der Waals surface area (Å²) in [5.41, 5.74) is 0.675. The molecule has 1 amide bonds. The van der Waals surface area contributed by atoms with Gasteiger partial charge in [0.1, 0.15) is 5.78 Å². The third-order valence-corrected chi connectivity index (χ3v) is 3.87. The van der Waals surface area contributed by atoms with Crippen molar-refractivity contribution in [2.24, 2.45) is 5.92 Å². The van der Waals surface area contributed by atoms with Gasteiger partial charge in [-0.3, -0.25) is 9.59 Å². The van der Waals surface area contributed by atoms with Crippen molar-refractivity contribution in [2.45, 2.75) is 19.8 Å². The highest BCUT2D eigenvalue weighted by Crippen LogP contribution is 2.19. The zero-order valence-electron chi connectivity index (χ0n) is 10.4. The van der Waals surface area contributed by atoms with Crippen LogP contribution >= 0.6 is 15.9 Å². The van der Waals surface area contributed by atoms with E-state index < -0.39 is 0 Å². The second kappa shape index (κ2) is 5.65. The zero-order valence-corrected chi connectivity index (χ0v) is 11.9. The van der Waals surface area contributed by atoms with Crippen LogP contribution in [0.25, 0.3) is 0 Å². The lowest BCUT2D eigenvalue weighted by molar-refractivity contribution is -0.125. The first-order chi connectivity index (χ1) is 8.61. The monoisotopic (exact) mass is 309 g/mol. The number of likely N-dealkylation sites (tertiary alicyclic amines) is 1. The first-order valence-electron chi connectivity index (χ1n) is 6.19. The Morgan fingerprint density at radius 3 is 2.94 bits per heavy atom. The van der Waals surface area contributed by atoms with Crippen molar-refractivity contribution in [3.8, 4) is 0 Å². The molecule has 0 saturated carbocycles. The van der Waals surface area contributed by atoms with Gasteiger partial charge in [-0.15, -0.1) is 0 Å². The number of carbonyl (C=O) groups is 2. The number of amides is 1. The van der Waals surface area contributed by atoms with Gasteiger partial charge in [0, 0.05) is 35.5 Å². The predicted octanol–water partition coefficient (Wildman–Crippen LogP) is 2.89. The maximum absolute atomic E-state index is 12.3. The number of carbonyl (C=O) groups excluding carboxylic acids is 2. The number of piperidine rings is 1. The average Bonchev–Trinajstić information content (AvgIpc) is 2.38. The minimum atomic E-state index is 0.00912. The summed E-state index contributed by atoms with van der Waals surface area (Å²) in [7, 11) is 0. The molecule has 1 atom stereocenters. The van der Waals surface area contributed by atoms with Crippen molar-refractivity contribution in [1.82, 2.24) is 4.90 Å². The van der Waals surface area contributed by atoms with Crippen molar-refractivity contribution in [2.75, 3.05) is 13.1 Å². The maximum atomic E-state index is 12.3. The predicted molar refractivity (Wildman–Crippen MR) is 73.5 cm³/mol. The minimum Gasteiger partial charge on any atom is -0.337 e. The van der Waals surface area contributed by atoms with E-state index in [1.807, 2.05) is 31.2 Å². The van der Waals surface area contributed by atoms with E-state index in [-0.39, 0.29) is 17.6 Å². The second-order valence-electron chi connectivity index (χ2n) is 4.58. The number of rotatable bonds is 2. The molecule has 1 aromatic carbocycles. The Labute approximate surface area is 115 Å². The molecule has 2 rings (SSSR count). The lowest BCUT2D eigenvalue weighted by Crippen LogP contribution is -2.43. The average molecular weight is 310 g/mol. The van der Waals surface area contributed by atoms with E-state index in [1.54, 1.807) is 4.90 Å². The van der Waals surface area contributed by atoms with E-state index in [1.165, 1.54) is 0 Å². The van der Waals surface area contributed by atoms with Gasteiger partial charge in [-0.1, -0.05) is 28.9 Å². The number of hydrogen-bond acceptors (Lipinski definition) is 2. The highest BCUT2D eigenvalue weighted by molar-refractivity contribution is 9.10. The molecule has 0 aromatic heterocycles. The number of hydrogen-bond donors (Lipinski definition) is 0. The molecule has 0 N–H and O–H groups in total. The molecule has 0 bridgehead atoms. The molecule has 1 aromatic rings. The van der Waals surface area contributed by atoms with Crippen molar-refractivity contribution in [3.05, 3.63) is 34.3 Å². The molecule has 1 heterocycles. The molecule has 96 valence electrons. The topological polar surface area (TPSA) is 37.4 Å². The van der Waals surface area contributed by atoms with Crippen LogP contribution in [0.15, 0.2) is 28.7 Å². The van der Waals surface area contributed by atoms with E-state index >= 15 is 0 Å². The summed E-state index contributed by atoms with van der Waals surface area (Å²) >= 11 is 3.36. The number of nitrogens with zero attached hydrogens (tertiary/aromatic N) is 1. The lowest BCUT2D eigenvalue weighted by atomic mass is 9.93. The smallest absolute Gasteiger partial charge is 0.253 e. The van der Waals surface area contributed by atoms with E-state index in [0.717, 1.165) is 10.9 Å². The molecule has 1 aliphatic rings. The molecule has 0 aliphatic carbocycles. The summed E-state index contributed by atoms with van der Waals surface area (Å²) in [6.45, 7) is 3.09. The van der Waals surface area contributed by atoms with Crippen molar-refractivity contribution in [1.29, 1.82) is 0 Å². The Morgan fingerprint density at radius 1 is 1.50 bits per heavy atom. The van der Waals surface area contributed by atoms with Crippen LogP contribution in [0.4, 0.5) is 0 Å². The van der Waals surface area contributed by atoms with Gasteiger partial charge in [-0.2, -0.15) is 0 Å². The van der Waals surface area contributed by atoms with Gasteiger partial charge in [0.05, 0.1) is 0 Å². The third kappa shape index (κ3) is 2.80. The van der Waals surface area contributed by atoms with Crippen LogP contribution in [0.1, 0.15) is 30.1 Å². The fraction of sp³-hybridized carbons (Fsp3) is 0.429. The quantitative estimate of drug-likeness (QED) is 0.842. The molecular formula is C14H16BrNO2. The van der Waals surface area contributed by atoms with Gasteiger partial charge < -0.3 is 4.90 Å². The Morgan fingerprint density at radius 2 is 2.28 bits per heavy atom. The summed E-state index contributed by atoms with van der Waals surface area (Å²) in [5.74, 6) is 0.313. The van der Waals surface area contributed by atoms with Gasteiger partial charge in [-0.05, 0) is 24.6 Å². The van der Waals surface area contributed by atoms with Crippen LogP contribution in [0.2, 0.25) is 0 Å². The van der Waals surface area contributed by atoms with E-state index in [4.69, 9.17) is 0 Å². The van der Waals surface area contributed by atoms with Gasteiger partial charge in [0.15, 0.2) is 0 Å². The molecule has 0 radical (unpaired) electrons. The van der Waals surface area contributed by atoms with Crippen LogP contribution < -0.4 is 0 Å². The largest absolute Gasteiger partial charge is 0.337 e. The highest BCUT2D eigenvalue weighted by Gasteiger charge is 2.28. The Bertz CT molecular complexity index is 473. The zero-order chi connectivity index (χ0) is 13.1. The van der Waals surface area contributed by atoms with Gasteiger partial charge >= 0.3 is 0 Å². The Hall–Kier alpha value is -1.16. The van der Waals surface area contributed by atoms with Gasteiger partial charge in [-0.25, -0.2) is 0 Å². The first-order valence-corrected chi connectivity index (χ1v) is 6.98. The van der Waals surface area contributed by atoms with Crippen LogP contribution in [-0.4, -0.2) is 29.7 Å². The molecule has 1 saturated heterocycles. The second-order valence-corrected chi connectivity index (χ2v) is 5.50. The summed E-state index contributed by atoms with van der Waals surface area (Å²) < 4.78 is 0.897. The highest BCUT2D eigenvalue weighted by atomic mass is 79.9. The van der Waals surface area contributed by atoms with E-state index in [2.05, 4.69) is 15.9 Å². The molecule has 18 heavy (non-hydrogen) atoms. The van der Waals surface area contributed by atoms with Crippen molar-refractivity contribution < 1.29 is 9.59 Å². The number of benzene rings is 1. The van der Waals surface area contributed by atoms with Crippen LogP contribution in [-0.2, 0) is 4.79 Å². The maximum Gasteiger partial charge on any atom is 0.253 e. The SMILES string of the molecule is CCC1CN(C(=O)c2cccc(Br)c2)CCC1=O. The summed E-state index contributed by atoms with van der Waals surface area (Å²) in [6, 6.07) is 7.37. The van der Waals surface area contributed by atoms with Gasteiger partial charge in [0.25, 0.3) is 5.91 Å². The summed E-state index contributed by atoms with van der Waals surface area (Å²) in [5, 5.41) is 0. The standard InChI is InChI=1S/C14H16BrNO2/c1-2-10-9-16(7-6-13(10)17)14(18)11-4-3-5-12(15)8-11/h3-5,8,10H,2,6-7,9H2,1H3. The fourth-order valence-corrected chi connectivity index (χ4v) is 2.65. The summed E-state index contributed by atoms with van der Waals surface area (Å²) in [6.07, 6.45) is 1.29. The number of halogens is 1. The van der Waals surface area contributed by atoms with Crippen LogP contribution in [0, 0.1) is 5.92 Å². The summed E-state index contributed by atoms with van der Waals surface area (Å²) in [4.78, 5) is 25.7. The van der Waals surface area contributed by atoms with Crippen LogP contribution in [0.3, 0.4) is 0 Å². The van der Waals surface area contributed by atoms with Crippen molar-refractivity contribution in [3.63, 3.8) is 0 Å². The van der Waals surface area contributed by atoms with Crippen LogP contribution in [0.5, 0.6) is 0 Å². The third-order valence-electron chi connectivity index (χ3n) is 3.38. The molecule has 3 nitrogen and oxygen atoms in total. The number of ketones is 1. The number of Topliss-reactive ketones (excluding diaryl/α,β-unsaturated/α-hetero) is 1. The molecule has 1 unspecified atom stereocenters. The van der Waals surface area contributed by atoms with Gasteiger partial charge in [0.2, 0.25) is 0 Å². The first kappa shape index (κ1) is 13.3. The lowest BCUT2D eigenvalue weighted by Gasteiger charge is -2.31. The Kier molecular flexibility index (Phi) is 4.17. The molecule has 1 fully saturated rings. The molecule has 0 spiro atoms. The van der Waals surface area contributed by atoms with E-state index in [9.17, 15) is 9.59 Å². The molecular weight excluding hydrogens is 294 g/mol. The van der Waals surface area contributed by atoms with Crippen molar-refractivity contribution >= 4 is 27.6 Å². The fourth-order valence-electron chi connectivity index (χ4n) is 2.25. The minimum absolute atomic E-state index is 0.00912. The molecule has 1 aliphatic heterocycles. The van der Waals surface area contributed by atoms with E-state index in [0.29, 0.717) is 25.1 Å².